The van der Waals surface area contributed by atoms with Gasteiger partial charge in [-0.05, 0) is 37.1 Å². The Morgan fingerprint density at radius 3 is 2.85 bits per heavy atom. The van der Waals surface area contributed by atoms with Crippen LogP contribution in [0.1, 0.15) is 36.7 Å². The third-order valence-corrected chi connectivity index (χ3v) is 4.59. The topological polar surface area (TPSA) is 75.4 Å². The molecule has 0 saturated carbocycles. The lowest BCUT2D eigenvalue weighted by molar-refractivity contribution is -0.129. The summed E-state index contributed by atoms with van der Waals surface area (Å²) in [5, 5.41) is 6.83. The Balaban J connectivity index is 1.84. The van der Waals surface area contributed by atoms with Crippen molar-refractivity contribution >= 4 is 11.8 Å². The van der Waals surface area contributed by atoms with Crippen LogP contribution in [0.4, 0.5) is 4.39 Å². The van der Waals surface area contributed by atoms with Crippen LogP contribution in [0.3, 0.4) is 0 Å². The highest BCUT2D eigenvalue weighted by Crippen LogP contribution is 2.23. The van der Waals surface area contributed by atoms with Gasteiger partial charge in [-0.3, -0.25) is 9.59 Å². The van der Waals surface area contributed by atoms with E-state index in [9.17, 15) is 14.0 Å². The van der Waals surface area contributed by atoms with Crippen molar-refractivity contribution in [3.8, 4) is 11.3 Å². The van der Waals surface area contributed by atoms with Crippen LogP contribution in [-0.4, -0.2) is 40.5 Å². The number of piperazine rings is 1. The van der Waals surface area contributed by atoms with Crippen LogP contribution in [-0.2, 0) is 4.79 Å². The SMILES string of the molecule is C=CCC1C(=O)NC(CCC)CN1C(=O)c1cc(-c2ccc(F)cc2)on1. The van der Waals surface area contributed by atoms with Crippen molar-refractivity contribution in [2.24, 2.45) is 0 Å². The average molecular weight is 371 g/mol. The van der Waals surface area contributed by atoms with Crippen LogP contribution in [0.2, 0.25) is 0 Å². The number of aromatic nitrogens is 1. The summed E-state index contributed by atoms with van der Waals surface area (Å²) in [6.07, 6.45) is 3.67. The fourth-order valence-corrected chi connectivity index (χ4v) is 3.25. The molecule has 2 amide bonds. The van der Waals surface area contributed by atoms with Crippen molar-refractivity contribution in [2.45, 2.75) is 38.3 Å². The highest BCUT2D eigenvalue weighted by molar-refractivity contribution is 5.97. The predicted molar refractivity (Wildman–Crippen MR) is 98.4 cm³/mol. The molecule has 27 heavy (non-hydrogen) atoms. The van der Waals surface area contributed by atoms with Gasteiger partial charge in [0.2, 0.25) is 5.91 Å². The zero-order chi connectivity index (χ0) is 19.4. The third-order valence-electron chi connectivity index (χ3n) is 4.59. The number of nitrogens with zero attached hydrogens (tertiary/aromatic N) is 2. The Labute approximate surface area is 157 Å². The molecule has 2 aromatic rings. The van der Waals surface area contributed by atoms with E-state index < -0.39 is 6.04 Å². The monoisotopic (exact) mass is 371 g/mol. The minimum absolute atomic E-state index is 0.0871. The van der Waals surface area contributed by atoms with Crippen LogP contribution in [0.25, 0.3) is 11.3 Å². The van der Waals surface area contributed by atoms with E-state index in [4.69, 9.17) is 4.52 Å². The van der Waals surface area contributed by atoms with Gasteiger partial charge >= 0.3 is 0 Å². The van der Waals surface area contributed by atoms with Crippen LogP contribution in [0, 0.1) is 5.82 Å². The second kappa shape index (κ2) is 8.16. The molecular weight excluding hydrogens is 349 g/mol. The molecule has 2 unspecified atom stereocenters. The number of amides is 2. The Morgan fingerprint density at radius 1 is 1.44 bits per heavy atom. The Hall–Kier alpha value is -2.96. The van der Waals surface area contributed by atoms with E-state index in [1.165, 1.54) is 23.1 Å². The molecule has 7 heteroatoms. The maximum absolute atomic E-state index is 13.1. The van der Waals surface area contributed by atoms with Crippen molar-refractivity contribution in [1.29, 1.82) is 0 Å². The molecule has 0 aliphatic carbocycles. The molecule has 0 spiro atoms. The molecule has 1 N–H and O–H groups in total. The minimum atomic E-state index is -0.617. The van der Waals surface area contributed by atoms with Gasteiger partial charge in [-0.25, -0.2) is 4.39 Å². The zero-order valence-electron chi connectivity index (χ0n) is 15.2. The number of rotatable bonds is 6. The summed E-state index contributed by atoms with van der Waals surface area (Å²) in [6, 6.07) is 6.53. The van der Waals surface area contributed by atoms with Gasteiger partial charge in [0, 0.05) is 24.2 Å². The lowest BCUT2D eigenvalue weighted by Crippen LogP contribution is -2.61. The first kappa shape index (κ1) is 18.8. The maximum Gasteiger partial charge on any atom is 0.276 e. The van der Waals surface area contributed by atoms with Gasteiger partial charge in [0.05, 0.1) is 0 Å². The van der Waals surface area contributed by atoms with E-state index in [2.05, 4.69) is 17.1 Å². The summed E-state index contributed by atoms with van der Waals surface area (Å²) in [7, 11) is 0. The molecular formula is C20H22FN3O3. The van der Waals surface area contributed by atoms with Crippen molar-refractivity contribution in [1.82, 2.24) is 15.4 Å². The van der Waals surface area contributed by atoms with Gasteiger partial charge in [-0.15, -0.1) is 6.58 Å². The van der Waals surface area contributed by atoms with Crippen LogP contribution >= 0.6 is 0 Å². The average Bonchev–Trinajstić information content (AvgIpc) is 3.14. The second-order valence-corrected chi connectivity index (χ2v) is 6.58. The molecule has 0 radical (unpaired) electrons. The molecule has 1 aromatic carbocycles. The first-order valence-corrected chi connectivity index (χ1v) is 8.98. The summed E-state index contributed by atoms with van der Waals surface area (Å²) >= 11 is 0. The van der Waals surface area contributed by atoms with Gasteiger partial charge in [0.15, 0.2) is 11.5 Å². The first-order valence-electron chi connectivity index (χ1n) is 8.98. The van der Waals surface area contributed by atoms with Crippen molar-refractivity contribution in [2.75, 3.05) is 6.54 Å². The van der Waals surface area contributed by atoms with E-state index in [0.29, 0.717) is 24.3 Å². The lowest BCUT2D eigenvalue weighted by Gasteiger charge is -2.38. The summed E-state index contributed by atoms with van der Waals surface area (Å²) in [6.45, 7) is 6.12. The number of hydrogen-bond acceptors (Lipinski definition) is 4. The molecule has 2 heterocycles. The number of nitrogens with one attached hydrogen (secondary N) is 1. The molecule has 0 bridgehead atoms. The number of carbonyl (C=O) groups is 2. The highest BCUT2D eigenvalue weighted by Gasteiger charge is 2.37. The standard InChI is InChI=1S/C20H22FN3O3/c1-3-5-15-12-24(17(6-4-2)19(25)22-15)20(26)16-11-18(27-23-16)13-7-9-14(21)10-8-13/h4,7-11,15,17H,2-3,5-6,12H2,1H3,(H,22,25). The summed E-state index contributed by atoms with van der Waals surface area (Å²) < 4.78 is 18.3. The van der Waals surface area contributed by atoms with Gasteiger partial charge in [-0.2, -0.15) is 0 Å². The summed E-state index contributed by atoms with van der Waals surface area (Å²) in [5.74, 6) is -0.543. The number of carbonyl (C=O) groups excluding carboxylic acids is 2. The highest BCUT2D eigenvalue weighted by atomic mass is 19.1. The molecule has 142 valence electrons. The van der Waals surface area contributed by atoms with Crippen LogP contribution in [0.15, 0.2) is 47.5 Å². The van der Waals surface area contributed by atoms with Crippen LogP contribution < -0.4 is 5.32 Å². The second-order valence-electron chi connectivity index (χ2n) is 6.58. The van der Waals surface area contributed by atoms with Gasteiger partial charge in [-0.1, -0.05) is 24.6 Å². The number of halogens is 1. The lowest BCUT2D eigenvalue weighted by atomic mass is 10.0. The molecule has 1 fully saturated rings. The zero-order valence-corrected chi connectivity index (χ0v) is 15.2. The quantitative estimate of drug-likeness (QED) is 0.792. The largest absolute Gasteiger partial charge is 0.355 e. The van der Waals surface area contributed by atoms with Gasteiger partial charge in [0.1, 0.15) is 11.9 Å². The van der Waals surface area contributed by atoms with Gasteiger partial charge in [0.25, 0.3) is 5.91 Å². The molecule has 3 rings (SSSR count). The van der Waals surface area contributed by atoms with Gasteiger partial charge < -0.3 is 14.7 Å². The van der Waals surface area contributed by atoms with E-state index in [1.54, 1.807) is 18.2 Å². The van der Waals surface area contributed by atoms with Crippen molar-refractivity contribution < 1.29 is 18.5 Å². The molecule has 1 aliphatic heterocycles. The predicted octanol–water partition coefficient (Wildman–Crippen LogP) is 3.17. The van der Waals surface area contributed by atoms with E-state index in [-0.39, 0.29) is 29.4 Å². The van der Waals surface area contributed by atoms with E-state index in [0.717, 1.165) is 12.8 Å². The fourth-order valence-electron chi connectivity index (χ4n) is 3.25. The van der Waals surface area contributed by atoms with Crippen LogP contribution in [0.5, 0.6) is 0 Å². The maximum atomic E-state index is 13.1. The number of benzene rings is 1. The minimum Gasteiger partial charge on any atom is -0.355 e. The molecule has 6 nitrogen and oxygen atoms in total. The molecule has 1 aromatic heterocycles. The summed E-state index contributed by atoms with van der Waals surface area (Å²) in [4.78, 5) is 27.0. The summed E-state index contributed by atoms with van der Waals surface area (Å²) in [5.41, 5.74) is 0.735. The fraction of sp³-hybridized carbons (Fsp3) is 0.350. The van der Waals surface area contributed by atoms with Crippen molar-refractivity contribution in [3.05, 3.63) is 54.5 Å². The van der Waals surface area contributed by atoms with E-state index in [1.807, 2.05) is 6.92 Å². The molecule has 1 saturated heterocycles. The third kappa shape index (κ3) is 4.07. The van der Waals surface area contributed by atoms with Crippen molar-refractivity contribution in [3.63, 3.8) is 0 Å². The Kier molecular flexibility index (Phi) is 5.69. The smallest absolute Gasteiger partial charge is 0.276 e. The number of hydrogen-bond donors (Lipinski definition) is 1. The first-order chi connectivity index (χ1) is 13.0. The molecule has 2 atom stereocenters. The van der Waals surface area contributed by atoms with E-state index >= 15 is 0 Å². The normalized spacial score (nSPS) is 19.6. The Bertz CT molecular complexity index is 831. The Morgan fingerprint density at radius 2 is 2.19 bits per heavy atom. The molecule has 1 aliphatic rings.